The van der Waals surface area contributed by atoms with E-state index in [1.54, 1.807) is 24.2 Å². The zero-order chi connectivity index (χ0) is 18.5. The van der Waals surface area contributed by atoms with Gasteiger partial charge in [-0.15, -0.1) is 0 Å². The van der Waals surface area contributed by atoms with Crippen molar-refractivity contribution in [1.82, 2.24) is 15.3 Å². The summed E-state index contributed by atoms with van der Waals surface area (Å²) in [5.74, 6) is 1.41. The lowest BCUT2D eigenvalue weighted by molar-refractivity contribution is 1.02. The number of anilines is 2. The van der Waals surface area contributed by atoms with Gasteiger partial charge in [-0.2, -0.15) is 5.26 Å². The molecule has 0 atom stereocenters. The highest BCUT2D eigenvalue weighted by Crippen LogP contribution is 2.42. The van der Waals surface area contributed by atoms with Crippen LogP contribution in [0.3, 0.4) is 0 Å². The summed E-state index contributed by atoms with van der Waals surface area (Å²) >= 11 is 1.59. The number of hydrogen-bond donors (Lipinski definition) is 2. The maximum Gasteiger partial charge on any atom is 0.182 e. The SMILES string of the molecule is N#CNC(Cc1ccc2c(c1)Nc1nccnc1S2)=NCc1ccccc1. The molecule has 0 saturated carbocycles. The molecule has 6 nitrogen and oxygen atoms in total. The van der Waals surface area contributed by atoms with Gasteiger partial charge in [0, 0.05) is 23.7 Å². The van der Waals surface area contributed by atoms with Crippen molar-refractivity contribution in [3.63, 3.8) is 0 Å². The molecule has 2 N–H and O–H groups in total. The number of amidine groups is 1. The fourth-order valence-electron chi connectivity index (χ4n) is 2.76. The molecule has 2 aromatic carbocycles. The molecule has 1 aromatic heterocycles. The van der Waals surface area contributed by atoms with Gasteiger partial charge in [-0.05, 0) is 23.3 Å². The van der Waals surface area contributed by atoms with E-state index >= 15 is 0 Å². The summed E-state index contributed by atoms with van der Waals surface area (Å²) in [6.45, 7) is 0.535. The van der Waals surface area contributed by atoms with Gasteiger partial charge in [0.25, 0.3) is 0 Å². The highest BCUT2D eigenvalue weighted by atomic mass is 32.2. The number of nitrogens with one attached hydrogen (secondary N) is 2. The summed E-state index contributed by atoms with van der Waals surface area (Å²) in [7, 11) is 0. The number of aliphatic imine (C=N–C) groups is 1. The average Bonchev–Trinajstić information content (AvgIpc) is 2.71. The van der Waals surface area contributed by atoms with Crippen LogP contribution < -0.4 is 10.6 Å². The summed E-state index contributed by atoms with van der Waals surface area (Å²) in [4.78, 5) is 14.3. The molecule has 0 radical (unpaired) electrons. The van der Waals surface area contributed by atoms with Gasteiger partial charge in [0.05, 0.1) is 12.2 Å². The molecule has 2 heterocycles. The van der Waals surface area contributed by atoms with Gasteiger partial charge in [0.15, 0.2) is 12.0 Å². The topological polar surface area (TPSA) is 86.0 Å². The summed E-state index contributed by atoms with van der Waals surface area (Å²) in [6, 6.07) is 16.1. The Labute approximate surface area is 161 Å². The van der Waals surface area contributed by atoms with Crippen molar-refractivity contribution >= 4 is 29.1 Å². The van der Waals surface area contributed by atoms with E-state index in [1.165, 1.54) is 0 Å². The van der Waals surface area contributed by atoms with Crippen molar-refractivity contribution in [3.8, 4) is 6.19 Å². The van der Waals surface area contributed by atoms with E-state index in [4.69, 9.17) is 5.26 Å². The number of hydrogen-bond acceptors (Lipinski definition) is 6. The van der Waals surface area contributed by atoms with Crippen molar-refractivity contribution in [3.05, 3.63) is 72.1 Å². The number of nitrogens with zero attached hydrogens (tertiary/aromatic N) is 4. The molecule has 132 valence electrons. The minimum absolute atomic E-state index is 0.535. The number of rotatable bonds is 4. The maximum atomic E-state index is 9.04. The Morgan fingerprint density at radius 3 is 2.81 bits per heavy atom. The van der Waals surface area contributed by atoms with Crippen molar-refractivity contribution in [1.29, 1.82) is 5.26 Å². The van der Waals surface area contributed by atoms with E-state index < -0.39 is 0 Å². The lowest BCUT2D eigenvalue weighted by atomic mass is 10.1. The monoisotopic (exact) mass is 372 g/mol. The van der Waals surface area contributed by atoms with E-state index in [9.17, 15) is 0 Å². The highest BCUT2D eigenvalue weighted by molar-refractivity contribution is 7.99. The number of fused-ring (bicyclic) bond motifs is 2. The molecular formula is C20H16N6S. The first-order valence-electron chi connectivity index (χ1n) is 8.43. The van der Waals surface area contributed by atoms with Crippen LogP contribution in [0.25, 0.3) is 0 Å². The van der Waals surface area contributed by atoms with Crippen molar-refractivity contribution < 1.29 is 0 Å². The van der Waals surface area contributed by atoms with Crippen LogP contribution >= 0.6 is 11.8 Å². The van der Waals surface area contributed by atoms with Gasteiger partial charge in [-0.3, -0.25) is 10.3 Å². The third-order valence-corrected chi connectivity index (χ3v) is 5.10. The molecule has 4 rings (SSSR count). The lowest BCUT2D eigenvalue weighted by Crippen LogP contribution is -2.20. The van der Waals surface area contributed by atoms with Crippen molar-refractivity contribution in [2.45, 2.75) is 22.9 Å². The minimum Gasteiger partial charge on any atom is -0.337 e. The van der Waals surface area contributed by atoms with Crippen LogP contribution in [0.5, 0.6) is 0 Å². The van der Waals surface area contributed by atoms with Gasteiger partial charge in [-0.25, -0.2) is 9.97 Å². The second-order valence-electron chi connectivity index (χ2n) is 5.93. The normalized spacial score (nSPS) is 12.3. The van der Waals surface area contributed by atoms with Crippen molar-refractivity contribution in [2.75, 3.05) is 5.32 Å². The number of benzene rings is 2. The quantitative estimate of drug-likeness (QED) is 0.245. The summed E-state index contributed by atoms with van der Waals surface area (Å²) < 4.78 is 0. The minimum atomic E-state index is 0.535. The molecule has 0 saturated heterocycles. The largest absolute Gasteiger partial charge is 0.337 e. The Morgan fingerprint density at radius 1 is 1.11 bits per heavy atom. The first kappa shape index (κ1) is 17.1. The summed E-state index contributed by atoms with van der Waals surface area (Å²) in [5, 5.41) is 15.9. The van der Waals surface area contributed by atoms with Gasteiger partial charge in [0.2, 0.25) is 0 Å². The predicted molar refractivity (Wildman–Crippen MR) is 106 cm³/mol. The number of nitriles is 1. The van der Waals surface area contributed by atoms with Crippen LogP contribution in [0.1, 0.15) is 11.1 Å². The van der Waals surface area contributed by atoms with E-state index in [1.807, 2.05) is 42.6 Å². The second kappa shape index (κ2) is 7.89. The summed E-state index contributed by atoms with van der Waals surface area (Å²) in [5.41, 5.74) is 3.15. The summed E-state index contributed by atoms with van der Waals surface area (Å²) in [6.07, 6.45) is 5.89. The zero-order valence-corrected chi connectivity index (χ0v) is 15.2. The van der Waals surface area contributed by atoms with Crippen LogP contribution in [0.2, 0.25) is 0 Å². The molecule has 1 aliphatic heterocycles. The van der Waals surface area contributed by atoms with Gasteiger partial charge < -0.3 is 5.32 Å². The Kier molecular flexibility index (Phi) is 4.99. The molecule has 7 heteroatoms. The van der Waals surface area contributed by atoms with Crippen LogP contribution in [0, 0.1) is 11.5 Å². The van der Waals surface area contributed by atoms with Crippen LogP contribution in [-0.2, 0) is 13.0 Å². The maximum absolute atomic E-state index is 9.04. The molecule has 0 spiro atoms. The molecule has 0 aliphatic carbocycles. The molecule has 0 bridgehead atoms. The number of aromatic nitrogens is 2. The van der Waals surface area contributed by atoms with E-state index in [2.05, 4.69) is 37.7 Å². The molecule has 1 aliphatic rings. The smallest absolute Gasteiger partial charge is 0.182 e. The standard InChI is InChI=1S/C20H16N6S/c21-13-25-18(24-12-14-4-2-1-3-5-14)11-15-6-7-17-16(10-15)26-19-20(27-17)23-9-8-22-19/h1-10H,11-12H2,(H,22,26)(H,24,25). The zero-order valence-electron chi connectivity index (χ0n) is 14.4. The van der Waals surface area contributed by atoms with Crippen LogP contribution in [0.4, 0.5) is 11.5 Å². The first-order chi connectivity index (χ1) is 13.3. The lowest BCUT2D eigenvalue weighted by Gasteiger charge is -2.19. The fraction of sp³-hybridized carbons (Fsp3) is 0.100. The molecule has 27 heavy (non-hydrogen) atoms. The van der Waals surface area contributed by atoms with E-state index in [0.29, 0.717) is 18.8 Å². The molecule has 0 amide bonds. The third-order valence-electron chi connectivity index (χ3n) is 4.04. The average molecular weight is 372 g/mol. The molecule has 0 fully saturated rings. The Bertz CT molecular complexity index is 1030. The Morgan fingerprint density at radius 2 is 1.96 bits per heavy atom. The highest BCUT2D eigenvalue weighted by Gasteiger charge is 2.18. The first-order valence-corrected chi connectivity index (χ1v) is 9.24. The third kappa shape index (κ3) is 4.07. The van der Waals surface area contributed by atoms with Crippen molar-refractivity contribution in [2.24, 2.45) is 4.99 Å². The molecular weight excluding hydrogens is 356 g/mol. The molecule has 3 aromatic rings. The van der Waals surface area contributed by atoms with Crippen LogP contribution in [-0.4, -0.2) is 15.8 Å². The Hall–Kier alpha value is -3.37. The van der Waals surface area contributed by atoms with Crippen LogP contribution in [0.15, 0.2) is 75.8 Å². The van der Waals surface area contributed by atoms with Gasteiger partial charge in [-0.1, -0.05) is 48.2 Å². The second-order valence-corrected chi connectivity index (χ2v) is 6.96. The predicted octanol–water partition coefficient (Wildman–Crippen LogP) is 3.90. The molecule has 0 unspecified atom stereocenters. The van der Waals surface area contributed by atoms with Gasteiger partial charge >= 0.3 is 0 Å². The van der Waals surface area contributed by atoms with E-state index in [-0.39, 0.29) is 0 Å². The van der Waals surface area contributed by atoms with Gasteiger partial charge in [0.1, 0.15) is 10.9 Å². The van der Waals surface area contributed by atoms with E-state index in [0.717, 1.165) is 32.6 Å². The Balaban J connectivity index is 1.52. The fourth-order valence-corrected chi connectivity index (χ4v) is 3.64.